The van der Waals surface area contributed by atoms with Crippen molar-refractivity contribution in [2.24, 2.45) is 0 Å². The van der Waals surface area contributed by atoms with Crippen molar-refractivity contribution in [3.8, 4) is 11.1 Å². The van der Waals surface area contributed by atoms with E-state index in [1.165, 1.54) is 66.9 Å². The van der Waals surface area contributed by atoms with Gasteiger partial charge in [-0.25, -0.2) is 0 Å². The van der Waals surface area contributed by atoms with Crippen molar-refractivity contribution in [3.05, 3.63) is 255 Å². The summed E-state index contributed by atoms with van der Waals surface area (Å²) in [5.74, 6) is 0. The van der Waals surface area contributed by atoms with Crippen LogP contribution >= 0.6 is 0 Å². The van der Waals surface area contributed by atoms with E-state index < -0.39 is 0 Å². The first-order valence-electron chi connectivity index (χ1n) is 25.3. The summed E-state index contributed by atoms with van der Waals surface area (Å²) in [7, 11) is 0. The van der Waals surface area contributed by atoms with Crippen LogP contribution < -0.4 is 52.4 Å². The third-order valence-corrected chi connectivity index (χ3v) is 15.8. The Bertz CT molecular complexity index is 4220. The molecule has 0 saturated carbocycles. The molecule has 0 amide bonds. The molecule has 0 atom stereocenters. The van der Waals surface area contributed by atoms with E-state index in [1.807, 2.05) is 0 Å². The summed E-state index contributed by atoms with van der Waals surface area (Å²) in [6, 6.07) is 93.7. The van der Waals surface area contributed by atoms with Crippen molar-refractivity contribution in [2.45, 2.75) is 0 Å². The van der Waals surface area contributed by atoms with E-state index in [4.69, 9.17) is 4.42 Å². The highest BCUT2D eigenvalue weighted by atomic mass is 16.3. The van der Waals surface area contributed by atoms with Gasteiger partial charge >= 0.3 is 0 Å². The van der Waals surface area contributed by atoms with Gasteiger partial charge in [-0.15, -0.1) is 0 Å². The Labute approximate surface area is 424 Å². The molecule has 1 aromatic heterocycles. The van der Waals surface area contributed by atoms with Crippen LogP contribution in [0.25, 0.3) is 33.1 Å². The van der Waals surface area contributed by atoms with Crippen LogP contribution in [0.3, 0.4) is 0 Å². The number of hydrogen-bond donors (Lipinski definition) is 0. The van der Waals surface area contributed by atoms with Crippen LogP contribution in [0.15, 0.2) is 259 Å². The monoisotopic (exact) mass is 928 g/mol. The Morgan fingerprint density at radius 3 is 1.23 bits per heavy atom. The zero-order valence-electron chi connectivity index (χ0n) is 39.6. The quantitative estimate of drug-likeness (QED) is 0.160. The summed E-state index contributed by atoms with van der Waals surface area (Å²) in [4.78, 5) is 10.0. The number of fused-ring (bicyclic) bond motifs is 11. The van der Waals surface area contributed by atoms with Gasteiger partial charge in [0.1, 0.15) is 11.2 Å². The standard InChI is InChI=1S/C66H42B2N4O/c1-4-21-43(22-5-1)69-55-34-15-12-31-50(55)67-52-41-53-62(42-61(52)71(45-25-8-3-9-26-45)59-38-19-36-57(69)64(59)67)72(54-33-14-10-27-46(54)48-29-18-30-49-47-28-11-17-40-63(47)73-66(48)49)60-39-20-37-58-65(60)68(53)51-32-13-16-35-56(51)70(58)44-23-6-2-7-24-44/h1-42H. The number of benzene rings is 11. The van der Waals surface area contributed by atoms with Gasteiger partial charge in [-0.05, 0) is 124 Å². The molecule has 5 heterocycles. The van der Waals surface area contributed by atoms with Crippen LogP contribution in [0.1, 0.15) is 0 Å². The molecule has 73 heavy (non-hydrogen) atoms. The topological polar surface area (TPSA) is 26.1 Å². The lowest BCUT2D eigenvalue weighted by atomic mass is 9.30. The fourth-order valence-electron chi connectivity index (χ4n) is 12.9. The highest BCUT2D eigenvalue weighted by Crippen LogP contribution is 2.50. The van der Waals surface area contributed by atoms with Gasteiger partial charge in [-0.2, -0.15) is 0 Å². The Morgan fingerprint density at radius 2 is 0.658 bits per heavy atom. The largest absolute Gasteiger partial charge is 0.455 e. The summed E-state index contributed by atoms with van der Waals surface area (Å²) < 4.78 is 6.82. The summed E-state index contributed by atoms with van der Waals surface area (Å²) in [6.07, 6.45) is 0. The van der Waals surface area contributed by atoms with E-state index in [-0.39, 0.29) is 13.4 Å². The maximum absolute atomic E-state index is 6.82. The van der Waals surface area contributed by atoms with E-state index in [9.17, 15) is 0 Å². The van der Waals surface area contributed by atoms with Crippen LogP contribution in [0, 0.1) is 0 Å². The molecule has 0 N–H and O–H groups in total. The predicted octanol–water partition coefficient (Wildman–Crippen LogP) is 13.4. The minimum atomic E-state index is -0.0775. The maximum Gasteiger partial charge on any atom is 0.252 e. The number of furan rings is 1. The molecule has 11 aromatic carbocycles. The van der Waals surface area contributed by atoms with E-state index in [0.717, 1.165) is 67.2 Å². The minimum absolute atomic E-state index is 0.0506. The lowest BCUT2D eigenvalue weighted by Gasteiger charge is -2.47. The van der Waals surface area contributed by atoms with E-state index >= 15 is 0 Å². The molecule has 4 aliphatic heterocycles. The van der Waals surface area contributed by atoms with Gasteiger partial charge in [-0.3, -0.25) is 0 Å². The zero-order valence-corrected chi connectivity index (χ0v) is 39.6. The number of rotatable bonds is 5. The predicted molar refractivity (Wildman–Crippen MR) is 307 cm³/mol. The van der Waals surface area contributed by atoms with E-state index in [2.05, 4.69) is 274 Å². The smallest absolute Gasteiger partial charge is 0.252 e. The molecule has 7 heteroatoms. The molecular formula is C66H42B2N4O. The van der Waals surface area contributed by atoms with Gasteiger partial charge in [0.05, 0.1) is 5.69 Å². The van der Waals surface area contributed by atoms with Crippen LogP contribution in [0.2, 0.25) is 0 Å². The first-order valence-corrected chi connectivity index (χ1v) is 25.3. The van der Waals surface area contributed by atoms with Gasteiger partial charge in [0.15, 0.2) is 0 Å². The van der Waals surface area contributed by atoms with Gasteiger partial charge < -0.3 is 24.0 Å². The maximum atomic E-state index is 6.82. The van der Waals surface area contributed by atoms with Gasteiger partial charge in [0.2, 0.25) is 0 Å². The first kappa shape index (κ1) is 40.3. The lowest BCUT2D eigenvalue weighted by Crippen LogP contribution is -2.65. The number of nitrogens with zero attached hydrogens (tertiary/aromatic N) is 4. The Hall–Kier alpha value is -9.45. The lowest BCUT2D eigenvalue weighted by molar-refractivity contribution is 0.670. The van der Waals surface area contributed by atoms with Crippen LogP contribution in [0.5, 0.6) is 0 Å². The zero-order chi connectivity index (χ0) is 47.7. The normalized spacial score (nSPS) is 13.6. The molecule has 12 aromatic rings. The molecular weight excluding hydrogens is 886 g/mol. The summed E-state index contributed by atoms with van der Waals surface area (Å²) >= 11 is 0. The highest BCUT2D eigenvalue weighted by molar-refractivity contribution is 7.03. The molecule has 0 radical (unpaired) electrons. The molecule has 0 saturated heterocycles. The highest BCUT2D eigenvalue weighted by Gasteiger charge is 2.48. The average Bonchev–Trinajstić information content (AvgIpc) is 3.85. The molecule has 0 unspecified atom stereocenters. The molecule has 338 valence electrons. The number of hydrogen-bond acceptors (Lipinski definition) is 5. The van der Waals surface area contributed by atoms with Crippen molar-refractivity contribution in [1.82, 2.24) is 0 Å². The fraction of sp³-hybridized carbons (Fsp3) is 0. The summed E-state index contributed by atoms with van der Waals surface area (Å²) in [5.41, 5.74) is 25.5. The molecule has 0 aliphatic carbocycles. The molecule has 0 spiro atoms. The second-order valence-electron chi connectivity index (χ2n) is 19.5. The molecule has 0 fully saturated rings. The molecule has 4 aliphatic rings. The minimum Gasteiger partial charge on any atom is -0.455 e. The second kappa shape index (κ2) is 15.5. The Morgan fingerprint density at radius 1 is 0.260 bits per heavy atom. The van der Waals surface area contributed by atoms with Gasteiger partial charge in [0, 0.05) is 84.5 Å². The fourth-order valence-corrected chi connectivity index (χ4v) is 12.9. The SMILES string of the molecule is c1ccc(N2c3ccccc3B3c4cc5c(cc4N(c4ccccc4)c4cccc2c43)N(c2ccccc2-c2cccc3c2oc2ccccc23)c2cccc3c2B5c2ccccc2N3c2ccccc2)cc1. The van der Waals surface area contributed by atoms with E-state index in [1.54, 1.807) is 0 Å². The van der Waals surface area contributed by atoms with Gasteiger partial charge in [-0.1, -0.05) is 164 Å². The van der Waals surface area contributed by atoms with E-state index in [0.29, 0.717) is 0 Å². The Balaban J connectivity index is 1.02. The summed E-state index contributed by atoms with van der Waals surface area (Å²) in [6.45, 7) is -0.128. The van der Waals surface area contributed by atoms with Crippen LogP contribution in [-0.4, -0.2) is 13.4 Å². The molecule has 16 rings (SSSR count). The van der Waals surface area contributed by atoms with Crippen LogP contribution in [0.4, 0.5) is 68.2 Å². The van der Waals surface area contributed by atoms with Gasteiger partial charge in [0.25, 0.3) is 13.4 Å². The van der Waals surface area contributed by atoms with Crippen molar-refractivity contribution < 1.29 is 4.42 Å². The number of anilines is 12. The van der Waals surface area contributed by atoms with Crippen molar-refractivity contribution in [1.29, 1.82) is 0 Å². The third-order valence-electron chi connectivity index (χ3n) is 15.8. The number of para-hydroxylation sites is 8. The molecule has 0 bridgehead atoms. The Kier molecular flexibility index (Phi) is 8.57. The molecule has 5 nitrogen and oxygen atoms in total. The third kappa shape index (κ3) is 5.70. The van der Waals surface area contributed by atoms with Crippen molar-refractivity contribution >= 4 is 136 Å². The second-order valence-corrected chi connectivity index (χ2v) is 19.5. The average molecular weight is 929 g/mol. The summed E-state index contributed by atoms with van der Waals surface area (Å²) in [5, 5.41) is 2.23. The van der Waals surface area contributed by atoms with Crippen molar-refractivity contribution in [2.75, 3.05) is 19.6 Å². The van der Waals surface area contributed by atoms with Crippen molar-refractivity contribution in [3.63, 3.8) is 0 Å². The van der Waals surface area contributed by atoms with Crippen LogP contribution in [-0.2, 0) is 0 Å². The first-order chi connectivity index (χ1) is 36.3.